The number of likely N-dealkylation sites (tertiary alicyclic amines) is 1. The van der Waals surface area contributed by atoms with Crippen LogP contribution < -0.4 is 0 Å². The predicted octanol–water partition coefficient (Wildman–Crippen LogP) is 2.24. The van der Waals surface area contributed by atoms with Gasteiger partial charge in [0.05, 0.1) is 0 Å². The van der Waals surface area contributed by atoms with Crippen LogP contribution in [0, 0.1) is 5.92 Å². The highest BCUT2D eigenvalue weighted by atomic mass is 16.3. The third-order valence-corrected chi connectivity index (χ3v) is 3.87. The molecule has 3 heteroatoms. The van der Waals surface area contributed by atoms with Crippen molar-refractivity contribution >= 4 is 5.91 Å². The summed E-state index contributed by atoms with van der Waals surface area (Å²) < 4.78 is 0. The Balaban J connectivity index is 1.68. The molecule has 104 valence electrons. The molecule has 1 heterocycles. The number of aryl methyl sites for hydroxylation is 1. The van der Waals surface area contributed by atoms with Crippen LogP contribution >= 0.6 is 0 Å². The third kappa shape index (κ3) is 4.35. The van der Waals surface area contributed by atoms with Crippen LogP contribution in [0.4, 0.5) is 0 Å². The Bertz CT molecular complexity index is 391. The molecule has 3 nitrogen and oxygen atoms in total. The van der Waals surface area contributed by atoms with Crippen molar-refractivity contribution in [3.8, 4) is 0 Å². The van der Waals surface area contributed by atoms with Gasteiger partial charge in [0.2, 0.25) is 5.91 Å². The zero-order chi connectivity index (χ0) is 13.5. The zero-order valence-corrected chi connectivity index (χ0v) is 11.4. The van der Waals surface area contributed by atoms with Crippen LogP contribution in [0.25, 0.3) is 0 Å². The lowest BCUT2D eigenvalue weighted by Crippen LogP contribution is -2.28. The second kappa shape index (κ2) is 7.29. The summed E-state index contributed by atoms with van der Waals surface area (Å²) in [5, 5.41) is 8.92. The van der Waals surface area contributed by atoms with E-state index < -0.39 is 0 Å². The van der Waals surface area contributed by atoms with E-state index in [2.05, 4.69) is 12.1 Å². The Kier molecular flexibility index (Phi) is 5.40. The normalized spacial score (nSPS) is 18.8. The molecule has 19 heavy (non-hydrogen) atoms. The van der Waals surface area contributed by atoms with E-state index in [-0.39, 0.29) is 12.5 Å². The van der Waals surface area contributed by atoms with Crippen molar-refractivity contribution in [3.63, 3.8) is 0 Å². The van der Waals surface area contributed by atoms with Crippen LogP contribution in [0.15, 0.2) is 30.3 Å². The predicted molar refractivity (Wildman–Crippen MR) is 75.8 cm³/mol. The van der Waals surface area contributed by atoms with Gasteiger partial charge in [0.25, 0.3) is 0 Å². The van der Waals surface area contributed by atoms with E-state index >= 15 is 0 Å². The van der Waals surface area contributed by atoms with Gasteiger partial charge in [-0.15, -0.1) is 0 Å². The lowest BCUT2D eigenvalue weighted by Gasteiger charge is -2.16. The molecule has 1 saturated heterocycles. The smallest absolute Gasteiger partial charge is 0.222 e. The summed E-state index contributed by atoms with van der Waals surface area (Å²) in [4.78, 5) is 14.0. The molecule has 0 saturated carbocycles. The minimum absolute atomic E-state index is 0.237. The number of aliphatic hydroxyl groups excluding tert-OH is 1. The van der Waals surface area contributed by atoms with Gasteiger partial charge >= 0.3 is 0 Å². The van der Waals surface area contributed by atoms with E-state index in [4.69, 9.17) is 5.11 Å². The van der Waals surface area contributed by atoms with Crippen molar-refractivity contribution in [2.45, 2.75) is 32.1 Å². The average molecular weight is 261 g/mol. The fourth-order valence-electron chi connectivity index (χ4n) is 2.72. The van der Waals surface area contributed by atoms with Crippen molar-refractivity contribution < 1.29 is 9.90 Å². The second-order valence-electron chi connectivity index (χ2n) is 5.35. The van der Waals surface area contributed by atoms with Crippen LogP contribution in [0.5, 0.6) is 0 Å². The summed E-state index contributed by atoms with van der Waals surface area (Å²) in [7, 11) is 0. The standard InChI is InChI=1S/C16H23NO2/c18-12-10-15-9-11-17(13-15)16(19)8-4-7-14-5-2-1-3-6-14/h1-3,5-6,15,18H,4,7-13H2. The molecule has 1 aliphatic rings. The first kappa shape index (κ1) is 14.1. The molecule has 0 aliphatic carbocycles. The number of carbonyl (C=O) groups is 1. The highest BCUT2D eigenvalue weighted by Gasteiger charge is 2.25. The van der Waals surface area contributed by atoms with Crippen LogP contribution in [0.3, 0.4) is 0 Å². The molecule has 1 unspecified atom stereocenters. The molecule has 2 rings (SSSR count). The van der Waals surface area contributed by atoms with E-state index in [0.717, 1.165) is 38.8 Å². The van der Waals surface area contributed by atoms with E-state index in [9.17, 15) is 4.79 Å². The van der Waals surface area contributed by atoms with Crippen molar-refractivity contribution in [1.82, 2.24) is 4.90 Å². The topological polar surface area (TPSA) is 40.5 Å². The monoisotopic (exact) mass is 261 g/mol. The number of nitrogens with zero attached hydrogens (tertiary/aromatic N) is 1. The largest absolute Gasteiger partial charge is 0.396 e. The molecule has 1 fully saturated rings. The summed E-state index contributed by atoms with van der Waals surface area (Å²) >= 11 is 0. The first-order valence-corrected chi connectivity index (χ1v) is 7.22. The number of aliphatic hydroxyl groups is 1. The van der Waals surface area contributed by atoms with Gasteiger partial charge in [-0.3, -0.25) is 4.79 Å². The van der Waals surface area contributed by atoms with Gasteiger partial charge in [0.1, 0.15) is 0 Å². The maximum atomic E-state index is 12.0. The quantitative estimate of drug-likeness (QED) is 0.853. The summed E-state index contributed by atoms with van der Waals surface area (Å²) in [6, 6.07) is 10.3. The minimum atomic E-state index is 0.237. The van der Waals surface area contributed by atoms with Crippen molar-refractivity contribution in [2.24, 2.45) is 5.92 Å². The SMILES string of the molecule is O=C(CCCc1ccccc1)N1CCC(CCO)C1. The van der Waals surface area contributed by atoms with Crippen molar-refractivity contribution in [1.29, 1.82) is 0 Å². The van der Waals surface area contributed by atoms with Crippen LogP contribution in [-0.2, 0) is 11.2 Å². The molecule has 1 aliphatic heterocycles. The lowest BCUT2D eigenvalue weighted by molar-refractivity contribution is -0.130. The first-order valence-electron chi connectivity index (χ1n) is 7.22. The number of carbonyl (C=O) groups excluding carboxylic acids is 1. The molecule has 0 aromatic heterocycles. The lowest BCUT2D eigenvalue weighted by atomic mass is 10.1. The Hall–Kier alpha value is -1.35. The Morgan fingerprint density at radius 1 is 1.32 bits per heavy atom. The Labute approximate surface area is 115 Å². The van der Waals surface area contributed by atoms with Crippen molar-refractivity contribution in [3.05, 3.63) is 35.9 Å². The van der Waals surface area contributed by atoms with Crippen molar-refractivity contribution in [2.75, 3.05) is 19.7 Å². The van der Waals surface area contributed by atoms with Gasteiger partial charge in [-0.25, -0.2) is 0 Å². The first-order chi connectivity index (χ1) is 9.29. The number of amides is 1. The molecule has 1 aromatic carbocycles. The summed E-state index contributed by atoms with van der Waals surface area (Å²) in [5.74, 6) is 0.777. The number of hydrogen-bond donors (Lipinski definition) is 1. The molecule has 0 spiro atoms. The second-order valence-corrected chi connectivity index (χ2v) is 5.35. The molecule has 1 aromatic rings. The molecule has 1 N–H and O–H groups in total. The molecule has 1 atom stereocenters. The minimum Gasteiger partial charge on any atom is -0.396 e. The van der Waals surface area contributed by atoms with Gasteiger partial charge in [-0.1, -0.05) is 30.3 Å². The summed E-state index contributed by atoms with van der Waals surface area (Å²) in [5.41, 5.74) is 1.30. The fourth-order valence-corrected chi connectivity index (χ4v) is 2.72. The number of hydrogen-bond acceptors (Lipinski definition) is 2. The molecular weight excluding hydrogens is 238 g/mol. The summed E-state index contributed by atoms with van der Waals surface area (Å²) in [6.07, 6.45) is 4.41. The Morgan fingerprint density at radius 2 is 2.11 bits per heavy atom. The van der Waals surface area contributed by atoms with Crippen LogP contribution in [-0.4, -0.2) is 35.6 Å². The zero-order valence-electron chi connectivity index (χ0n) is 11.4. The molecule has 0 bridgehead atoms. The maximum absolute atomic E-state index is 12.0. The average Bonchev–Trinajstić information content (AvgIpc) is 2.89. The molecular formula is C16H23NO2. The van der Waals surface area contributed by atoms with Gasteiger partial charge in [-0.2, -0.15) is 0 Å². The highest BCUT2D eigenvalue weighted by Crippen LogP contribution is 2.20. The van der Waals surface area contributed by atoms with Gasteiger partial charge < -0.3 is 10.0 Å². The number of rotatable bonds is 6. The van der Waals surface area contributed by atoms with Gasteiger partial charge in [0, 0.05) is 26.1 Å². The third-order valence-electron chi connectivity index (χ3n) is 3.87. The van der Waals surface area contributed by atoms with E-state index in [1.807, 2.05) is 23.1 Å². The summed E-state index contributed by atoms with van der Waals surface area (Å²) in [6.45, 7) is 1.94. The Morgan fingerprint density at radius 3 is 2.84 bits per heavy atom. The molecule has 1 amide bonds. The van der Waals surface area contributed by atoms with Gasteiger partial charge in [-0.05, 0) is 37.2 Å². The van der Waals surface area contributed by atoms with Crippen LogP contribution in [0.1, 0.15) is 31.2 Å². The van der Waals surface area contributed by atoms with E-state index in [1.54, 1.807) is 0 Å². The molecule has 0 radical (unpaired) electrons. The fraction of sp³-hybridized carbons (Fsp3) is 0.562. The van der Waals surface area contributed by atoms with Crippen LogP contribution in [0.2, 0.25) is 0 Å². The van der Waals surface area contributed by atoms with E-state index in [1.165, 1.54) is 5.56 Å². The van der Waals surface area contributed by atoms with Gasteiger partial charge in [0.15, 0.2) is 0 Å². The maximum Gasteiger partial charge on any atom is 0.222 e. The van der Waals surface area contributed by atoms with E-state index in [0.29, 0.717) is 12.3 Å². The number of benzene rings is 1. The highest BCUT2D eigenvalue weighted by molar-refractivity contribution is 5.76.